The minimum atomic E-state index is -4.87. The summed E-state index contributed by atoms with van der Waals surface area (Å²) >= 11 is 0. The lowest BCUT2D eigenvalue weighted by Gasteiger charge is -2.25. The van der Waals surface area contributed by atoms with Crippen LogP contribution in [0, 0.1) is 0 Å². The summed E-state index contributed by atoms with van der Waals surface area (Å²) in [6.07, 6.45) is -3.87. The zero-order chi connectivity index (χ0) is 14.8. The first kappa shape index (κ1) is 15.4. The summed E-state index contributed by atoms with van der Waals surface area (Å²) in [4.78, 5) is 17.8. The van der Waals surface area contributed by atoms with Gasteiger partial charge in [-0.15, -0.1) is 0 Å². The summed E-state index contributed by atoms with van der Waals surface area (Å²) < 4.78 is 43.5. The zero-order valence-corrected chi connectivity index (χ0v) is 10.6. The van der Waals surface area contributed by atoms with Crippen molar-refractivity contribution in [3.05, 3.63) is 23.3 Å². The van der Waals surface area contributed by atoms with Crippen LogP contribution in [0.5, 0.6) is 0 Å². The molecule has 0 bridgehead atoms. The number of ether oxygens (including phenoxy) is 1. The highest BCUT2D eigenvalue weighted by Gasteiger charge is 2.40. The Kier molecular flexibility index (Phi) is 4.14. The first-order valence-electron chi connectivity index (χ1n) is 5.39. The standard InChI is InChI=1S/C11H13F3N2O3/c1-4-10(2,19-3)9-15-5-6(8(17)18)7(16-9)11(12,13)14/h5H,4H2,1-3H3,(H,17,18). The van der Waals surface area contributed by atoms with Crippen LogP contribution in [-0.2, 0) is 16.5 Å². The number of rotatable bonds is 4. The lowest BCUT2D eigenvalue weighted by atomic mass is 10.0. The first-order chi connectivity index (χ1) is 8.65. The third-order valence-electron chi connectivity index (χ3n) is 2.89. The second kappa shape index (κ2) is 5.12. The molecule has 8 heteroatoms. The number of aromatic nitrogens is 2. The predicted octanol–water partition coefficient (Wildman–Crippen LogP) is 2.47. The van der Waals surface area contributed by atoms with Crippen molar-refractivity contribution in [3.8, 4) is 0 Å². The summed E-state index contributed by atoms with van der Waals surface area (Å²) in [5.74, 6) is -1.93. The lowest BCUT2D eigenvalue weighted by molar-refractivity contribution is -0.142. The maximum atomic E-state index is 12.8. The van der Waals surface area contributed by atoms with E-state index in [2.05, 4.69) is 9.97 Å². The molecule has 0 saturated heterocycles. The fourth-order valence-electron chi connectivity index (χ4n) is 1.40. The van der Waals surface area contributed by atoms with Crippen molar-refractivity contribution in [1.82, 2.24) is 9.97 Å². The average Bonchev–Trinajstić information content (AvgIpc) is 2.36. The molecule has 1 atom stereocenters. The van der Waals surface area contributed by atoms with Crippen LogP contribution in [0.3, 0.4) is 0 Å². The summed E-state index contributed by atoms with van der Waals surface area (Å²) in [7, 11) is 1.32. The average molecular weight is 278 g/mol. The van der Waals surface area contributed by atoms with Gasteiger partial charge >= 0.3 is 12.1 Å². The fourth-order valence-corrected chi connectivity index (χ4v) is 1.40. The fraction of sp³-hybridized carbons (Fsp3) is 0.545. The molecule has 0 radical (unpaired) electrons. The molecule has 0 spiro atoms. The normalized spacial score (nSPS) is 15.1. The molecule has 1 aromatic rings. The van der Waals surface area contributed by atoms with Gasteiger partial charge in [0.05, 0.1) is 0 Å². The minimum absolute atomic E-state index is 0.199. The Hall–Kier alpha value is -1.70. The molecule has 0 aliphatic rings. The van der Waals surface area contributed by atoms with Gasteiger partial charge in [0.15, 0.2) is 11.5 Å². The number of carboxylic acids is 1. The van der Waals surface area contributed by atoms with Gasteiger partial charge in [0.1, 0.15) is 11.2 Å². The number of hydrogen-bond acceptors (Lipinski definition) is 4. The number of halogens is 3. The van der Waals surface area contributed by atoms with Gasteiger partial charge in [0, 0.05) is 13.3 Å². The van der Waals surface area contributed by atoms with E-state index in [4.69, 9.17) is 9.84 Å². The van der Waals surface area contributed by atoms with Crippen molar-refractivity contribution in [2.45, 2.75) is 32.0 Å². The molecular weight excluding hydrogens is 265 g/mol. The highest BCUT2D eigenvalue weighted by Crippen LogP contribution is 2.33. The molecular formula is C11H13F3N2O3. The van der Waals surface area contributed by atoms with E-state index in [1.165, 1.54) is 14.0 Å². The van der Waals surface area contributed by atoms with Gasteiger partial charge in [0.2, 0.25) is 0 Å². The number of alkyl halides is 3. The molecule has 5 nitrogen and oxygen atoms in total. The summed E-state index contributed by atoms with van der Waals surface area (Å²) in [5.41, 5.74) is -3.55. The first-order valence-corrected chi connectivity index (χ1v) is 5.39. The molecule has 19 heavy (non-hydrogen) atoms. The van der Waals surface area contributed by atoms with Crippen molar-refractivity contribution in [2.75, 3.05) is 7.11 Å². The lowest BCUT2D eigenvalue weighted by Crippen LogP contribution is -2.29. The Labute approximate surface area is 107 Å². The second-order valence-corrected chi connectivity index (χ2v) is 4.05. The van der Waals surface area contributed by atoms with Crippen LogP contribution in [-0.4, -0.2) is 28.2 Å². The van der Waals surface area contributed by atoms with Crippen molar-refractivity contribution in [3.63, 3.8) is 0 Å². The van der Waals surface area contributed by atoms with Gasteiger partial charge in [-0.2, -0.15) is 13.2 Å². The molecule has 0 aliphatic heterocycles. The third-order valence-corrected chi connectivity index (χ3v) is 2.89. The molecule has 0 amide bonds. The Bertz CT molecular complexity index is 485. The van der Waals surface area contributed by atoms with E-state index in [0.29, 0.717) is 12.6 Å². The Morgan fingerprint density at radius 2 is 2.05 bits per heavy atom. The van der Waals surface area contributed by atoms with Crippen molar-refractivity contribution >= 4 is 5.97 Å². The van der Waals surface area contributed by atoms with Gasteiger partial charge in [-0.05, 0) is 13.3 Å². The molecule has 106 valence electrons. The van der Waals surface area contributed by atoms with Crippen LogP contribution in [0.25, 0.3) is 0 Å². The summed E-state index contributed by atoms with van der Waals surface area (Å²) in [5, 5.41) is 8.73. The van der Waals surface area contributed by atoms with Crippen LogP contribution in [0.2, 0.25) is 0 Å². The number of carbonyl (C=O) groups is 1. The van der Waals surface area contributed by atoms with E-state index in [1.807, 2.05) is 0 Å². The van der Waals surface area contributed by atoms with Gasteiger partial charge in [-0.1, -0.05) is 6.92 Å². The molecule has 1 rings (SSSR count). The van der Waals surface area contributed by atoms with E-state index in [9.17, 15) is 18.0 Å². The number of carboxylic acid groups (broad SMARTS) is 1. The van der Waals surface area contributed by atoms with Crippen LogP contribution in [0.1, 0.15) is 42.1 Å². The van der Waals surface area contributed by atoms with E-state index in [-0.39, 0.29) is 5.82 Å². The largest absolute Gasteiger partial charge is 0.478 e. The Morgan fingerprint density at radius 3 is 2.42 bits per heavy atom. The molecule has 0 aromatic carbocycles. The number of aromatic carboxylic acids is 1. The van der Waals surface area contributed by atoms with E-state index >= 15 is 0 Å². The molecule has 0 saturated carbocycles. The van der Waals surface area contributed by atoms with Crippen molar-refractivity contribution in [2.24, 2.45) is 0 Å². The van der Waals surface area contributed by atoms with Crippen molar-refractivity contribution < 1.29 is 27.8 Å². The summed E-state index contributed by atoms with van der Waals surface area (Å²) in [6.45, 7) is 3.23. The molecule has 1 heterocycles. The smallest absolute Gasteiger partial charge is 0.434 e. The monoisotopic (exact) mass is 278 g/mol. The molecule has 1 N–H and O–H groups in total. The van der Waals surface area contributed by atoms with E-state index < -0.39 is 29.0 Å². The Balaban J connectivity index is 3.47. The van der Waals surface area contributed by atoms with E-state index in [0.717, 1.165) is 0 Å². The number of nitrogens with zero attached hydrogens (tertiary/aromatic N) is 2. The molecule has 0 fully saturated rings. The van der Waals surface area contributed by atoms with Gasteiger partial charge in [-0.25, -0.2) is 14.8 Å². The quantitative estimate of drug-likeness (QED) is 0.915. The zero-order valence-electron chi connectivity index (χ0n) is 10.6. The molecule has 0 aliphatic carbocycles. The minimum Gasteiger partial charge on any atom is -0.478 e. The second-order valence-electron chi connectivity index (χ2n) is 4.05. The van der Waals surface area contributed by atoms with Crippen LogP contribution in [0.4, 0.5) is 13.2 Å². The molecule has 1 aromatic heterocycles. The van der Waals surface area contributed by atoms with Gasteiger partial charge < -0.3 is 9.84 Å². The topological polar surface area (TPSA) is 72.3 Å². The number of methoxy groups -OCH3 is 1. The highest BCUT2D eigenvalue weighted by atomic mass is 19.4. The predicted molar refractivity (Wildman–Crippen MR) is 58.6 cm³/mol. The van der Waals surface area contributed by atoms with Gasteiger partial charge in [-0.3, -0.25) is 0 Å². The van der Waals surface area contributed by atoms with Crippen LogP contribution in [0.15, 0.2) is 6.20 Å². The highest BCUT2D eigenvalue weighted by molar-refractivity contribution is 5.88. The van der Waals surface area contributed by atoms with Crippen LogP contribution < -0.4 is 0 Å². The SMILES string of the molecule is CCC(C)(OC)c1ncc(C(=O)O)c(C(F)(F)F)n1. The third kappa shape index (κ3) is 3.01. The van der Waals surface area contributed by atoms with Gasteiger partial charge in [0.25, 0.3) is 0 Å². The Morgan fingerprint density at radius 1 is 1.47 bits per heavy atom. The van der Waals surface area contributed by atoms with Crippen LogP contribution >= 0.6 is 0 Å². The molecule has 1 unspecified atom stereocenters. The maximum absolute atomic E-state index is 12.8. The number of hydrogen-bond donors (Lipinski definition) is 1. The van der Waals surface area contributed by atoms with Crippen molar-refractivity contribution in [1.29, 1.82) is 0 Å². The summed E-state index contributed by atoms with van der Waals surface area (Å²) in [6, 6.07) is 0. The maximum Gasteiger partial charge on any atom is 0.434 e. The van der Waals surface area contributed by atoms with E-state index in [1.54, 1.807) is 6.92 Å².